The quantitative estimate of drug-likeness (QED) is 0.191. The Balaban J connectivity index is 1.42. The molecule has 0 amide bonds. The fourth-order valence-corrected chi connectivity index (χ4v) is 268. The van der Waals surface area contributed by atoms with Crippen molar-refractivity contribution in [2.24, 2.45) is 0 Å². The fourth-order valence-electron chi connectivity index (χ4n) is 25.7. The maximum atomic E-state index is 1.85. The molecular formula is C60H110Si5. The maximum absolute atomic E-state index is 1.95. The molecule has 0 unspecified atom stereocenters. The minimum absolute atomic E-state index is 1.37. The van der Waals surface area contributed by atoms with Crippen LogP contribution in [0.3, 0.4) is 0 Å². The van der Waals surface area contributed by atoms with Crippen LogP contribution in [-0.4, -0.2) is 35.5 Å². The molecular weight excluding hydrogens is 861 g/mol. The molecule has 0 aromatic rings. The van der Waals surface area contributed by atoms with Gasteiger partial charge in [-0.25, -0.2) is 0 Å². The molecule has 10 saturated carbocycles. The number of rotatable bonds is 10. The normalized spacial score (nSPS) is 34.2. The van der Waals surface area contributed by atoms with E-state index in [9.17, 15) is 0 Å². The minimum atomic E-state index is -1.95. The van der Waals surface area contributed by atoms with E-state index >= 15 is 0 Å². The van der Waals surface area contributed by atoms with Gasteiger partial charge in [0, 0.05) is 35.5 Å². The van der Waals surface area contributed by atoms with Gasteiger partial charge in [-0.2, -0.15) is 0 Å². The van der Waals surface area contributed by atoms with Gasteiger partial charge in [-0.05, 0) is 55.4 Å². The topological polar surface area (TPSA) is 0 Å². The van der Waals surface area contributed by atoms with Crippen molar-refractivity contribution in [3.05, 3.63) is 0 Å². The van der Waals surface area contributed by atoms with Gasteiger partial charge in [0.15, 0.2) is 0 Å². The molecule has 1 heterocycles. The van der Waals surface area contributed by atoms with Crippen LogP contribution in [0.4, 0.5) is 0 Å². The first-order valence-electron chi connectivity index (χ1n) is 32.3. The van der Waals surface area contributed by atoms with Gasteiger partial charge in [-0.3, -0.25) is 0 Å². The molecule has 1 aliphatic heterocycles. The highest BCUT2D eigenvalue weighted by Crippen LogP contribution is 2.85. The zero-order chi connectivity index (χ0) is 43.6. The average Bonchev–Trinajstić information content (AvgIpc) is 3.62. The lowest BCUT2D eigenvalue weighted by atomic mass is 9.99. The fraction of sp³-hybridized carbons (Fsp3) is 1.00. The van der Waals surface area contributed by atoms with Gasteiger partial charge in [0.05, 0.1) is 0 Å². The van der Waals surface area contributed by atoms with E-state index in [4.69, 9.17) is 0 Å². The standard InChI is InChI=1S/C60H110Si5/c1-11-31-51(32-12-1)61(52-33-13-2-14-34-52)62(53-35-15-3-16-36-53,54-37-17-4-18-38-54)64(57-43-23-7-24-44-57,58-45-25-8-26-46-58)65(59-47-27-9-28-48-59,60-49-29-10-30-50-60)63(61,55-39-19-5-20-40-55)56-41-21-6-22-42-56/h51-60H,1-50H2. The molecule has 370 valence electrons. The molecule has 11 rings (SSSR count). The molecule has 0 radical (unpaired) electrons. The maximum Gasteiger partial charge on any atom is 0.0448 e. The molecule has 0 N–H and O–H groups in total. The Kier molecular flexibility index (Phi) is 16.1. The van der Waals surface area contributed by atoms with E-state index in [1.54, 1.807) is 193 Å². The summed E-state index contributed by atoms with van der Waals surface area (Å²) in [5, 5.41) is 0. The van der Waals surface area contributed by atoms with E-state index in [2.05, 4.69) is 0 Å². The zero-order valence-electron chi connectivity index (χ0n) is 43.6. The lowest BCUT2D eigenvalue weighted by Crippen LogP contribution is -2.86. The van der Waals surface area contributed by atoms with Crippen LogP contribution in [0, 0.1) is 0 Å². The van der Waals surface area contributed by atoms with Crippen LogP contribution in [0.1, 0.15) is 321 Å². The predicted octanol–water partition coefficient (Wildman–Crippen LogP) is 21.0. The third-order valence-corrected chi connectivity index (χ3v) is 145. The summed E-state index contributed by atoms with van der Waals surface area (Å²) in [4.78, 5) is 0. The van der Waals surface area contributed by atoms with Gasteiger partial charge in [0.1, 0.15) is 0 Å². The summed E-state index contributed by atoms with van der Waals surface area (Å²) >= 11 is 0. The van der Waals surface area contributed by atoms with E-state index in [1.165, 1.54) is 55.4 Å². The van der Waals surface area contributed by atoms with Crippen molar-refractivity contribution >= 4 is 35.5 Å². The van der Waals surface area contributed by atoms with Crippen LogP contribution in [0.5, 0.6) is 0 Å². The third kappa shape index (κ3) is 7.48. The molecule has 10 aliphatic carbocycles. The van der Waals surface area contributed by atoms with Crippen LogP contribution < -0.4 is 0 Å². The number of hydrogen-bond donors (Lipinski definition) is 0. The van der Waals surface area contributed by atoms with Crippen LogP contribution in [-0.2, 0) is 0 Å². The number of hydrogen-bond acceptors (Lipinski definition) is 0. The van der Waals surface area contributed by atoms with Gasteiger partial charge < -0.3 is 0 Å². The predicted molar refractivity (Wildman–Crippen MR) is 297 cm³/mol. The summed E-state index contributed by atoms with van der Waals surface area (Å²) in [7, 11) is -9.73. The van der Waals surface area contributed by atoms with E-state index < -0.39 is 35.5 Å². The molecule has 11 fully saturated rings. The smallest absolute Gasteiger partial charge is 0.0448 e. The summed E-state index contributed by atoms with van der Waals surface area (Å²) in [6.45, 7) is 0. The highest BCUT2D eigenvalue weighted by Gasteiger charge is 2.97. The van der Waals surface area contributed by atoms with Crippen molar-refractivity contribution in [1.82, 2.24) is 0 Å². The second-order valence-electron chi connectivity index (χ2n) is 27.7. The third-order valence-electron chi connectivity index (χ3n) is 25.9. The van der Waals surface area contributed by atoms with Crippen LogP contribution in [0.2, 0.25) is 55.4 Å². The molecule has 0 aromatic carbocycles. The van der Waals surface area contributed by atoms with Crippen molar-refractivity contribution in [3.8, 4) is 0 Å². The summed E-state index contributed by atoms with van der Waals surface area (Å²) in [6.07, 6.45) is 87.9. The van der Waals surface area contributed by atoms with Crippen LogP contribution in [0.25, 0.3) is 0 Å². The lowest BCUT2D eigenvalue weighted by Gasteiger charge is -2.72. The Morgan fingerprint density at radius 1 is 0.108 bits per heavy atom. The SMILES string of the molecule is C1CCC([Si]2(C3CCCCC3)[Si](C3CCCCC3)(C3CCCCC3)[Si](C3CCCCC3)(C3CCCCC3)[Si](C3CCCCC3)(C3CCCCC3)[Si]2(C2CCCCC2)C2CCCCC2)CC1. The van der Waals surface area contributed by atoms with Crippen LogP contribution >= 0.6 is 0 Å². The van der Waals surface area contributed by atoms with Crippen LogP contribution in [0.15, 0.2) is 0 Å². The molecule has 0 atom stereocenters. The summed E-state index contributed by atoms with van der Waals surface area (Å²) in [5.74, 6) is 0. The molecule has 11 aliphatic rings. The Hall–Kier alpha value is 1.08. The Bertz CT molecular complexity index is 1080. The summed E-state index contributed by atoms with van der Waals surface area (Å²) in [6, 6.07) is 0. The van der Waals surface area contributed by atoms with Gasteiger partial charge in [-0.1, -0.05) is 321 Å². The summed E-state index contributed by atoms with van der Waals surface area (Å²) in [5.41, 5.74) is 13.7. The van der Waals surface area contributed by atoms with E-state index in [0.717, 1.165) is 0 Å². The second kappa shape index (κ2) is 21.7. The highest BCUT2D eigenvalue weighted by atomic mass is 30.2. The largest absolute Gasteiger partial charge is 0.0533 e. The minimum Gasteiger partial charge on any atom is -0.0533 e. The first kappa shape index (κ1) is 48.4. The molecule has 0 bridgehead atoms. The average molecular weight is 972 g/mol. The Labute approximate surface area is 409 Å². The van der Waals surface area contributed by atoms with Gasteiger partial charge in [-0.15, -0.1) is 0 Å². The van der Waals surface area contributed by atoms with E-state index in [1.807, 2.05) is 128 Å². The monoisotopic (exact) mass is 971 g/mol. The van der Waals surface area contributed by atoms with Crippen molar-refractivity contribution in [1.29, 1.82) is 0 Å². The lowest BCUT2D eigenvalue weighted by molar-refractivity contribution is 0.435. The van der Waals surface area contributed by atoms with Gasteiger partial charge in [0.2, 0.25) is 0 Å². The van der Waals surface area contributed by atoms with Crippen molar-refractivity contribution in [2.45, 2.75) is 376 Å². The highest BCUT2D eigenvalue weighted by molar-refractivity contribution is 8.16. The van der Waals surface area contributed by atoms with Crippen molar-refractivity contribution in [3.63, 3.8) is 0 Å². The van der Waals surface area contributed by atoms with E-state index in [-0.39, 0.29) is 0 Å². The molecule has 0 aromatic heterocycles. The molecule has 0 spiro atoms. The van der Waals surface area contributed by atoms with E-state index in [0.29, 0.717) is 0 Å². The zero-order valence-corrected chi connectivity index (χ0v) is 48.6. The Morgan fingerprint density at radius 3 is 0.262 bits per heavy atom. The van der Waals surface area contributed by atoms with Gasteiger partial charge in [0.25, 0.3) is 0 Å². The molecule has 1 saturated heterocycles. The molecule has 65 heavy (non-hydrogen) atoms. The van der Waals surface area contributed by atoms with Crippen molar-refractivity contribution < 1.29 is 0 Å². The second-order valence-corrected chi connectivity index (χ2v) is 76.9. The van der Waals surface area contributed by atoms with Gasteiger partial charge >= 0.3 is 0 Å². The molecule has 0 nitrogen and oxygen atoms in total. The first-order valence-corrected chi connectivity index (χ1v) is 48.1. The Morgan fingerprint density at radius 2 is 0.185 bits per heavy atom. The molecule has 5 heteroatoms. The van der Waals surface area contributed by atoms with Crippen molar-refractivity contribution in [2.75, 3.05) is 0 Å². The first-order chi connectivity index (χ1) is 32.3. The summed E-state index contributed by atoms with van der Waals surface area (Å²) < 4.78 is 0.